The summed E-state index contributed by atoms with van der Waals surface area (Å²) in [6.07, 6.45) is 8.15. The maximum atomic E-state index is 12.0. The van der Waals surface area contributed by atoms with Crippen LogP contribution in [0.5, 0.6) is 0 Å². The van der Waals surface area contributed by atoms with Crippen LogP contribution in [0.15, 0.2) is 36.5 Å². The van der Waals surface area contributed by atoms with Gasteiger partial charge in [0.15, 0.2) is 0 Å². The second-order valence-electron chi connectivity index (χ2n) is 5.83. The fourth-order valence-corrected chi connectivity index (χ4v) is 3.07. The number of fused-ring (bicyclic) bond motifs is 1. The van der Waals surface area contributed by atoms with Crippen LogP contribution in [0.4, 0.5) is 5.69 Å². The third-order valence-corrected chi connectivity index (χ3v) is 4.31. The lowest BCUT2D eigenvalue weighted by atomic mass is 10.0. The van der Waals surface area contributed by atoms with E-state index in [0.29, 0.717) is 13.0 Å². The van der Waals surface area contributed by atoms with Crippen LogP contribution in [0.25, 0.3) is 11.3 Å². The summed E-state index contributed by atoms with van der Waals surface area (Å²) in [5, 5.41) is 2.67. The zero-order valence-electron chi connectivity index (χ0n) is 14.1. The van der Waals surface area contributed by atoms with Gasteiger partial charge in [-0.1, -0.05) is 19.1 Å². The average molecular weight is 333 g/mol. The molecule has 0 fully saturated rings. The largest absolute Gasteiger partial charge is 0.341 e. The Morgan fingerprint density at radius 3 is 2.96 bits per heavy atom. The quantitative estimate of drug-likeness (QED) is 0.873. The molecule has 5 nitrogen and oxygen atoms in total. The Morgan fingerprint density at radius 2 is 2.20 bits per heavy atom. The normalized spacial score (nSPS) is 12.4. The fourth-order valence-electron chi connectivity index (χ4n) is 3.07. The molecule has 1 N–H and O–H groups in total. The van der Waals surface area contributed by atoms with Crippen molar-refractivity contribution in [3.05, 3.63) is 47.7 Å². The maximum Gasteiger partial charge on any atom is 0.295 e. The molecule has 0 saturated carbocycles. The van der Waals surface area contributed by atoms with Crippen molar-refractivity contribution >= 4 is 17.5 Å². The van der Waals surface area contributed by atoms with Crippen LogP contribution < -0.4 is 10.2 Å². The first-order valence-electron chi connectivity index (χ1n) is 8.26. The molecule has 5 heteroatoms. The highest BCUT2D eigenvalue weighted by molar-refractivity contribution is 5.95. The summed E-state index contributed by atoms with van der Waals surface area (Å²) >= 11 is 0. The number of pyridine rings is 1. The van der Waals surface area contributed by atoms with Crippen LogP contribution in [0.2, 0.25) is 0 Å². The molecule has 0 unspecified atom stereocenters. The number of terminal acetylenes is 1. The lowest BCUT2D eigenvalue weighted by molar-refractivity contribution is -0.118. The minimum atomic E-state index is -0.447. The molecule has 126 valence electrons. The Morgan fingerprint density at radius 1 is 1.36 bits per heavy atom. The molecule has 0 spiro atoms. The second-order valence-corrected chi connectivity index (χ2v) is 5.83. The number of amides is 2. The molecule has 3 rings (SSSR count). The lowest BCUT2D eigenvalue weighted by Gasteiger charge is -2.17. The Hall–Kier alpha value is -3.13. The molecule has 1 aromatic carbocycles. The van der Waals surface area contributed by atoms with Crippen molar-refractivity contribution in [1.29, 1.82) is 0 Å². The van der Waals surface area contributed by atoms with Gasteiger partial charge in [-0.25, -0.2) is 0 Å². The highest BCUT2D eigenvalue weighted by atomic mass is 16.2. The molecule has 1 aliphatic heterocycles. The van der Waals surface area contributed by atoms with Gasteiger partial charge in [-0.2, -0.15) is 0 Å². The van der Waals surface area contributed by atoms with Crippen LogP contribution in [0, 0.1) is 12.3 Å². The third-order valence-electron chi connectivity index (χ3n) is 4.31. The number of carbonyl (C=O) groups excluding carboxylic acids is 2. The van der Waals surface area contributed by atoms with Gasteiger partial charge in [-0.3, -0.25) is 14.6 Å². The van der Waals surface area contributed by atoms with E-state index in [1.165, 1.54) is 0 Å². The Balaban J connectivity index is 1.90. The Bertz CT molecular complexity index is 867. The number of benzene rings is 1. The number of hydrogen-bond donors (Lipinski definition) is 1. The Labute approximate surface area is 147 Å². The van der Waals surface area contributed by atoms with Crippen molar-refractivity contribution in [3.8, 4) is 23.6 Å². The van der Waals surface area contributed by atoms with Crippen molar-refractivity contribution in [1.82, 2.24) is 10.3 Å². The van der Waals surface area contributed by atoms with Gasteiger partial charge < -0.3 is 10.2 Å². The molecule has 2 aromatic rings. The minimum Gasteiger partial charge on any atom is -0.341 e. The number of nitrogens with zero attached hydrogens (tertiary/aromatic N) is 2. The zero-order chi connectivity index (χ0) is 17.8. The summed E-state index contributed by atoms with van der Waals surface area (Å²) in [7, 11) is 0. The Kier molecular flexibility index (Phi) is 4.80. The summed E-state index contributed by atoms with van der Waals surface area (Å²) < 4.78 is 0. The summed E-state index contributed by atoms with van der Waals surface area (Å²) in [4.78, 5) is 29.6. The van der Waals surface area contributed by atoms with E-state index in [-0.39, 0.29) is 5.91 Å². The zero-order valence-corrected chi connectivity index (χ0v) is 14.1. The third kappa shape index (κ3) is 3.38. The van der Waals surface area contributed by atoms with Crippen LogP contribution >= 0.6 is 0 Å². The minimum absolute atomic E-state index is 0.141. The highest BCUT2D eigenvalue weighted by Gasteiger charge is 2.24. The molecule has 0 bridgehead atoms. The van der Waals surface area contributed by atoms with E-state index in [4.69, 9.17) is 6.42 Å². The maximum absolute atomic E-state index is 12.0. The number of carbonyl (C=O) groups is 2. The van der Waals surface area contributed by atoms with Gasteiger partial charge in [0, 0.05) is 37.0 Å². The monoisotopic (exact) mass is 333 g/mol. The van der Waals surface area contributed by atoms with Gasteiger partial charge >= 0.3 is 0 Å². The van der Waals surface area contributed by atoms with Crippen molar-refractivity contribution in [2.45, 2.75) is 26.3 Å². The molecule has 0 saturated heterocycles. The van der Waals surface area contributed by atoms with E-state index in [1.54, 1.807) is 6.20 Å². The molecule has 2 heterocycles. The number of aromatic nitrogens is 1. The molecule has 0 aliphatic carbocycles. The van der Waals surface area contributed by atoms with E-state index < -0.39 is 5.91 Å². The first-order chi connectivity index (χ1) is 12.1. The first-order valence-corrected chi connectivity index (χ1v) is 8.26. The summed E-state index contributed by atoms with van der Waals surface area (Å²) in [5.41, 5.74) is 4.79. The van der Waals surface area contributed by atoms with Crippen LogP contribution in [-0.2, 0) is 22.6 Å². The van der Waals surface area contributed by atoms with E-state index in [2.05, 4.69) is 16.4 Å². The topological polar surface area (TPSA) is 62.3 Å². The van der Waals surface area contributed by atoms with Gasteiger partial charge in [0.2, 0.25) is 5.91 Å². The summed E-state index contributed by atoms with van der Waals surface area (Å²) in [6, 6.07) is 9.76. The molecule has 0 radical (unpaired) electrons. The van der Waals surface area contributed by atoms with Crippen molar-refractivity contribution in [3.63, 3.8) is 0 Å². The van der Waals surface area contributed by atoms with Crippen molar-refractivity contribution < 1.29 is 9.59 Å². The molecule has 2 amide bonds. The SMILES string of the molecule is C#CC(=O)NCc1cccnc1-c1ccc2c(c1)CCN2C(=O)CC. The molecule has 1 aromatic heterocycles. The second kappa shape index (κ2) is 7.18. The predicted molar refractivity (Wildman–Crippen MR) is 96.7 cm³/mol. The lowest BCUT2D eigenvalue weighted by Crippen LogP contribution is -2.27. The van der Waals surface area contributed by atoms with Gasteiger partial charge in [-0.15, -0.1) is 6.42 Å². The van der Waals surface area contributed by atoms with Gasteiger partial charge in [0.25, 0.3) is 5.91 Å². The van der Waals surface area contributed by atoms with Crippen LogP contribution in [-0.4, -0.2) is 23.3 Å². The number of hydrogen-bond acceptors (Lipinski definition) is 3. The molecule has 0 atom stereocenters. The van der Waals surface area contributed by atoms with Crippen LogP contribution in [0.1, 0.15) is 24.5 Å². The highest BCUT2D eigenvalue weighted by Crippen LogP contribution is 2.33. The average Bonchev–Trinajstić information content (AvgIpc) is 3.08. The van der Waals surface area contributed by atoms with Gasteiger partial charge in [0.1, 0.15) is 0 Å². The molecule has 25 heavy (non-hydrogen) atoms. The molecule has 1 aliphatic rings. The van der Waals surface area contributed by atoms with Gasteiger partial charge in [-0.05, 0) is 41.7 Å². The van der Waals surface area contributed by atoms with E-state index in [0.717, 1.165) is 41.0 Å². The summed E-state index contributed by atoms with van der Waals surface area (Å²) in [6.45, 7) is 2.92. The molecular weight excluding hydrogens is 314 g/mol. The smallest absolute Gasteiger partial charge is 0.295 e. The van der Waals surface area contributed by atoms with Gasteiger partial charge in [0.05, 0.1) is 5.69 Å². The number of rotatable bonds is 4. The van der Waals surface area contributed by atoms with Crippen LogP contribution in [0.3, 0.4) is 0 Å². The van der Waals surface area contributed by atoms with Crippen molar-refractivity contribution in [2.75, 3.05) is 11.4 Å². The number of nitrogens with one attached hydrogen (secondary N) is 1. The molecular formula is C20H19N3O2. The standard InChI is InChI=1S/C20H19N3O2/c1-3-18(24)22-13-16-6-5-10-21-20(16)15-7-8-17-14(12-15)9-11-23(17)19(25)4-2/h1,5-8,10,12H,4,9,11,13H2,2H3,(H,22,24). The first kappa shape index (κ1) is 16.7. The van der Waals surface area contributed by atoms with E-state index >= 15 is 0 Å². The van der Waals surface area contributed by atoms with E-state index in [9.17, 15) is 9.59 Å². The number of anilines is 1. The fraction of sp³-hybridized carbons (Fsp3) is 0.250. The predicted octanol–water partition coefficient (Wildman–Crippen LogP) is 2.30. The van der Waals surface area contributed by atoms with E-state index in [1.807, 2.05) is 42.0 Å². The van der Waals surface area contributed by atoms with Crippen molar-refractivity contribution in [2.24, 2.45) is 0 Å². The summed E-state index contributed by atoms with van der Waals surface area (Å²) in [5.74, 6) is 1.74.